The Morgan fingerprint density at radius 2 is 1.73 bits per heavy atom. The van der Waals surface area contributed by atoms with Gasteiger partial charge in [-0.3, -0.25) is 4.90 Å². The summed E-state index contributed by atoms with van der Waals surface area (Å²) in [6.45, 7) is 11.5. The molecule has 1 atom stereocenters. The van der Waals surface area contributed by atoms with Gasteiger partial charge in [-0.2, -0.15) is 0 Å². The number of hydrogen-bond acceptors (Lipinski definition) is 2. The average molecular weight is 344 g/mol. The van der Waals surface area contributed by atoms with Crippen LogP contribution in [0, 0.1) is 5.41 Å². The lowest BCUT2D eigenvalue weighted by Gasteiger charge is -2.43. The molecule has 1 aliphatic rings. The molecule has 0 radical (unpaired) electrons. The van der Waals surface area contributed by atoms with Crippen molar-refractivity contribution in [2.45, 2.75) is 26.8 Å². The van der Waals surface area contributed by atoms with Gasteiger partial charge in [0.05, 0.1) is 0 Å². The van der Waals surface area contributed by atoms with Gasteiger partial charge >= 0.3 is 0 Å². The molecule has 1 aromatic heterocycles. The summed E-state index contributed by atoms with van der Waals surface area (Å²) in [6, 6.07) is 9.31. The lowest BCUT2D eigenvalue weighted by Crippen LogP contribution is -2.48. The van der Waals surface area contributed by atoms with Gasteiger partial charge in [0.25, 0.3) is 0 Å². The molecular formula is C17H27Cl2N3. The van der Waals surface area contributed by atoms with E-state index in [1.165, 1.54) is 16.5 Å². The molecule has 2 heterocycles. The lowest BCUT2D eigenvalue weighted by atomic mass is 9.80. The first-order valence-electron chi connectivity index (χ1n) is 7.58. The molecule has 5 heteroatoms. The molecule has 1 fully saturated rings. The summed E-state index contributed by atoms with van der Waals surface area (Å²) in [4.78, 5) is 5.98. The summed E-state index contributed by atoms with van der Waals surface area (Å²) < 4.78 is 0. The molecule has 0 saturated carbocycles. The Morgan fingerprint density at radius 3 is 2.36 bits per heavy atom. The fourth-order valence-corrected chi connectivity index (χ4v) is 3.50. The predicted octanol–water partition coefficient (Wildman–Crippen LogP) is 4.00. The zero-order valence-electron chi connectivity index (χ0n) is 13.6. The molecule has 124 valence electrons. The van der Waals surface area contributed by atoms with Crippen molar-refractivity contribution in [1.29, 1.82) is 0 Å². The number of aromatic amines is 1. The van der Waals surface area contributed by atoms with E-state index in [9.17, 15) is 0 Å². The van der Waals surface area contributed by atoms with Crippen molar-refractivity contribution in [2.24, 2.45) is 5.41 Å². The number of fused-ring (bicyclic) bond motifs is 1. The fraction of sp³-hybridized carbons (Fsp3) is 0.529. The van der Waals surface area contributed by atoms with E-state index in [0.29, 0.717) is 6.04 Å². The zero-order valence-corrected chi connectivity index (χ0v) is 15.2. The second kappa shape index (κ2) is 7.69. The normalized spacial score (nSPS) is 17.6. The van der Waals surface area contributed by atoms with Crippen molar-refractivity contribution in [3.63, 3.8) is 0 Å². The molecule has 3 nitrogen and oxygen atoms in total. The first-order valence-corrected chi connectivity index (χ1v) is 7.58. The highest BCUT2D eigenvalue weighted by molar-refractivity contribution is 5.85. The maximum Gasteiger partial charge on any atom is 0.0457 e. The highest BCUT2D eigenvalue weighted by Crippen LogP contribution is 2.40. The molecule has 2 N–H and O–H groups in total. The third-order valence-electron chi connectivity index (χ3n) is 4.26. The van der Waals surface area contributed by atoms with Crippen LogP contribution in [0.3, 0.4) is 0 Å². The van der Waals surface area contributed by atoms with E-state index in [1.807, 2.05) is 6.20 Å². The standard InChI is InChI=1S/C17H25N3.2ClH/c1-17(2,3)16(20-11-9-18-10-12-20)14-5-4-6-15-13(14)7-8-19-15;;/h4-8,16,18-19H,9-12H2,1-3H3;2*1H/t16-;;/m1../s1. The molecule has 0 unspecified atom stereocenters. The molecule has 22 heavy (non-hydrogen) atoms. The monoisotopic (exact) mass is 343 g/mol. The smallest absolute Gasteiger partial charge is 0.0457 e. The lowest BCUT2D eigenvalue weighted by molar-refractivity contribution is 0.0873. The van der Waals surface area contributed by atoms with Gasteiger partial charge in [0.15, 0.2) is 0 Å². The van der Waals surface area contributed by atoms with E-state index < -0.39 is 0 Å². The molecule has 0 aliphatic carbocycles. The summed E-state index contributed by atoms with van der Waals surface area (Å²) in [5.41, 5.74) is 2.92. The molecule has 0 bridgehead atoms. The molecule has 0 spiro atoms. The van der Waals surface area contributed by atoms with Crippen LogP contribution in [-0.2, 0) is 0 Å². The van der Waals surface area contributed by atoms with Crippen molar-refractivity contribution in [3.8, 4) is 0 Å². The number of nitrogens with zero attached hydrogens (tertiary/aromatic N) is 1. The number of aromatic nitrogens is 1. The van der Waals surface area contributed by atoms with Gasteiger partial charge in [-0.05, 0) is 23.1 Å². The highest BCUT2D eigenvalue weighted by Gasteiger charge is 2.33. The minimum atomic E-state index is 0. The van der Waals surface area contributed by atoms with Crippen molar-refractivity contribution < 1.29 is 0 Å². The van der Waals surface area contributed by atoms with Crippen LogP contribution < -0.4 is 5.32 Å². The Kier molecular flexibility index (Phi) is 6.75. The maximum absolute atomic E-state index is 3.46. The number of nitrogens with one attached hydrogen (secondary N) is 2. The van der Waals surface area contributed by atoms with E-state index in [0.717, 1.165) is 26.2 Å². The summed E-state index contributed by atoms with van der Waals surface area (Å²) >= 11 is 0. The number of H-pyrrole nitrogens is 1. The van der Waals surface area contributed by atoms with Crippen LogP contribution in [0.1, 0.15) is 32.4 Å². The topological polar surface area (TPSA) is 31.1 Å². The number of halogens is 2. The van der Waals surface area contributed by atoms with Crippen LogP contribution in [0.4, 0.5) is 0 Å². The van der Waals surface area contributed by atoms with E-state index in [2.05, 4.69) is 60.2 Å². The number of piperazine rings is 1. The first-order chi connectivity index (χ1) is 9.57. The highest BCUT2D eigenvalue weighted by atomic mass is 35.5. The van der Waals surface area contributed by atoms with Gasteiger partial charge in [0, 0.05) is 49.3 Å². The van der Waals surface area contributed by atoms with Crippen molar-refractivity contribution in [1.82, 2.24) is 15.2 Å². The molecule has 2 aromatic rings. The van der Waals surface area contributed by atoms with Crippen LogP contribution in [0.5, 0.6) is 0 Å². The fourth-order valence-electron chi connectivity index (χ4n) is 3.50. The zero-order chi connectivity index (χ0) is 14.2. The largest absolute Gasteiger partial charge is 0.361 e. The number of benzene rings is 1. The van der Waals surface area contributed by atoms with Crippen LogP contribution in [-0.4, -0.2) is 36.1 Å². The summed E-state index contributed by atoms with van der Waals surface area (Å²) in [6.07, 6.45) is 2.05. The molecule has 1 aliphatic heterocycles. The number of rotatable bonds is 2. The van der Waals surface area contributed by atoms with Crippen molar-refractivity contribution in [2.75, 3.05) is 26.2 Å². The Morgan fingerprint density at radius 1 is 1.05 bits per heavy atom. The molecule has 0 amide bonds. The summed E-state index contributed by atoms with van der Waals surface area (Å²) in [5, 5.41) is 4.82. The van der Waals surface area contributed by atoms with E-state index >= 15 is 0 Å². The molecule has 3 rings (SSSR count). The molecule has 1 aromatic carbocycles. The van der Waals surface area contributed by atoms with Crippen molar-refractivity contribution in [3.05, 3.63) is 36.0 Å². The second-order valence-corrected chi connectivity index (χ2v) is 6.84. The second-order valence-electron chi connectivity index (χ2n) is 6.84. The van der Waals surface area contributed by atoms with Gasteiger partial charge in [-0.1, -0.05) is 32.9 Å². The van der Waals surface area contributed by atoms with E-state index in [4.69, 9.17) is 0 Å². The summed E-state index contributed by atoms with van der Waals surface area (Å²) in [5.74, 6) is 0. The summed E-state index contributed by atoms with van der Waals surface area (Å²) in [7, 11) is 0. The van der Waals surface area contributed by atoms with Gasteiger partial charge in [0.1, 0.15) is 0 Å². The van der Waals surface area contributed by atoms with Gasteiger partial charge in [-0.25, -0.2) is 0 Å². The van der Waals surface area contributed by atoms with Crippen LogP contribution in [0.2, 0.25) is 0 Å². The van der Waals surface area contributed by atoms with Crippen LogP contribution in [0.15, 0.2) is 30.5 Å². The Hall–Kier alpha value is -0.740. The van der Waals surface area contributed by atoms with Gasteiger partial charge in [0.2, 0.25) is 0 Å². The Labute approximate surface area is 145 Å². The Balaban J connectivity index is 0.00000121. The van der Waals surface area contributed by atoms with Crippen molar-refractivity contribution >= 4 is 35.7 Å². The molecule has 1 saturated heterocycles. The third kappa shape index (κ3) is 3.77. The average Bonchev–Trinajstić information content (AvgIpc) is 2.88. The minimum absolute atomic E-state index is 0. The quantitative estimate of drug-likeness (QED) is 0.863. The van der Waals surface area contributed by atoms with Gasteiger partial charge < -0.3 is 10.3 Å². The van der Waals surface area contributed by atoms with E-state index in [-0.39, 0.29) is 30.2 Å². The molecular weight excluding hydrogens is 317 g/mol. The van der Waals surface area contributed by atoms with Crippen LogP contribution >= 0.6 is 24.8 Å². The number of hydrogen-bond donors (Lipinski definition) is 2. The minimum Gasteiger partial charge on any atom is -0.361 e. The maximum atomic E-state index is 3.46. The van der Waals surface area contributed by atoms with Gasteiger partial charge in [-0.15, -0.1) is 24.8 Å². The Bertz CT molecular complexity index is 583. The predicted molar refractivity (Wildman–Crippen MR) is 99.4 cm³/mol. The SMILES string of the molecule is CC(C)(C)[C@@H](c1cccc2[nH]ccc12)N1CCNCC1.Cl.Cl. The third-order valence-corrected chi connectivity index (χ3v) is 4.26. The van der Waals surface area contributed by atoms with E-state index in [1.54, 1.807) is 0 Å². The van der Waals surface area contributed by atoms with Crippen LogP contribution in [0.25, 0.3) is 10.9 Å². The first kappa shape index (κ1) is 19.3.